The summed E-state index contributed by atoms with van der Waals surface area (Å²) in [6, 6.07) is 14.0. The van der Waals surface area contributed by atoms with Gasteiger partial charge in [-0.25, -0.2) is 0 Å². The van der Waals surface area contributed by atoms with Crippen LogP contribution in [0.25, 0.3) is 0 Å². The Bertz CT molecular complexity index is 617. The number of nitrogens with zero attached hydrogens (tertiary/aromatic N) is 2. The van der Waals surface area contributed by atoms with Gasteiger partial charge in [-0.3, -0.25) is 4.99 Å². The lowest BCUT2D eigenvalue weighted by Crippen LogP contribution is -2.47. The van der Waals surface area contributed by atoms with Gasteiger partial charge in [-0.15, -0.1) is 0 Å². The molecule has 1 aromatic carbocycles. The van der Waals surface area contributed by atoms with Crippen LogP contribution in [0.5, 0.6) is 5.75 Å². The van der Waals surface area contributed by atoms with Crippen molar-refractivity contribution in [2.45, 2.75) is 25.4 Å². The van der Waals surface area contributed by atoms with Crippen LogP contribution in [-0.4, -0.2) is 43.6 Å². The molecule has 2 heterocycles. The maximum absolute atomic E-state index is 6.05. The van der Waals surface area contributed by atoms with Gasteiger partial charge in [0.1, 0.15) is 17.6 Å². The van der Waals surface area contributed by atoms with Gasteiger partial charge in [-0.2, -0.15) is 0 Å². The number of ether oxygens (including phenoxy) is 1. The van der Waals surface area contributed by atoms with Crippen molar-refractivity contribution in [3.05, 3.63) is 54.5 Å². The largest absolute Gasteiger partial charge is 0.490 e. The highest BCUT2D eigenvalue weighted by Crippen LogP contribution is 2.18. The lowest BCUT2D eigenvalue weighted by Gasteiger charge is -2.34. The van der Waals surface area contributed by atoms with E-state index in [2.05, 4.69) is 15.2 Å². The second kappa shape index (κ2) is 8.43. The summed E-state index contributed by atoms with van der Waals surface area (Å²) < 4.78 is 11.4. The SMILES string of the molecule is CN=C(NCCc1ccco1)N1CCC(Oc2ccccc2)CC1. The monoisotopic (exact) mass is 327 g/mol. The van der Waals surface area contributed by atoms with Crippen molar-refractivity contribution in [1.82, 2.24) is 10.2 Å². The average molecular weight is 327 g/mol. The molecular formula is C19H25N3O2. The zero-order valence-electron chi connectivity index (χ0n) is 14.1. The summed E-state index contributed by atoms with van der Waals surface area (Å²) in [5.74, 6) is 2.91. The zero-order valence-corrected chi connectivity index (χ0v) is 14.1. The van der Waals surface area contributed by atoms with Gasteiger partial charge in [0.05, 0.1) is 6.26 Å². The van der Waals surface area contributed by atoms with Gasteiger partial charge < -0.3 is 19.4 Å². The summed E-state index contributed by atoms with van der Waals surface area (Å²) in [5.41, 5.74) is 0. The van der Waals surface area contributed by atoms with Crippen LogP contribution >= 0.6 is 0 Å². The van der Waals surface area contributed by atoms with Crippen LogP contribution in [0.1, 0.15) is 18.6 Å². The molecular weight excluding hydrogens is 302 g/mol. The Morgan fingerprint density at radius 2 is 2.00 bits per heavy atom. The first kappa shape index (κ1) is 16.4. The minimum absolute atomic E-state index is 0.282. The number of guanidine groups is 1. The first-order valence-corrected chi connectivity index (χ1v) is 8.55. The highest BCUT2D eigenvalue weighted by molar-refractivity contribution is 5.79. The van der Waals surface area contributed by atoms with Crippen molar-refractivity contribution in [1.29, 1.82) is 0 Å². The number of nitrogens with one attached hydrogen (secondary N) is 1. The Kier molecular flexibility index (Phi) is 5.77. The topological polar surface area (TPSA) is 50.0 Å². The maximum atomic E-state index is 6.05. The molecule has 0 saturated carbocycles. The first-order chi connectivity index (χ1) is 11.8. The average Bonchev–Trinajstić information content (AvgIpc) is 3.14. The fraction of sp³-hybridized carbons (Fsp3) is 0.421. The van der Waals surface area contributed by atoms with Crippen LogP contribution in [0.2, 0.25) is 0 Å². The van der Waals surface area contributed by atoms with E-state index in [1.165, 1.54) is 0 Å². The minimum Gasteiger partial charge on any atom is -0.490 e. The third-order valence-electron chi connectivity index (χ3n) is 4.23. The predicted octanol–water partition coefficient (Wildman–Crippen LogP) is 2.94. The molecule has 0 bridgehead atoms. The highest BCUT2D eigenvalue weighted by atomic mass is 16.5. The van der Waals surface area contributed by atoms with Gasteiger partial charge in [0.2, 0.25) is 0 Å². The summed E-state index contributed by atoms with van der Waals surface area (Å²) >= 11 is 0. The molecule has 1 N–H and O–H groups in total. The van der Waals surface area contributed by atoms with Crippen molar-refractivity contribution in [3.63, 3.8) is 0 Å². The number of para-hydroxylation sites is 1. The van der Waals surface area contributed by atoms with E-state index < -0.39 is 0 Å². The highest BCUT2D eigenvalue weighted by Gasteiger charge is 2.22. The molecule has 1 aliphatic heterocycles. The lowest BCUT2D eigenvalue weighted by atomic mass is 10.1. The quantitative estimate of drug-likeness (QED) is 0.678. The molecule has 24 heavy (non-hydrogen) atoms. The molecule has 2 aromatic rings. The molecule has 0 aliphatic carbocycles. The van der Waals surface area contributed by atoms with Gasteiger partial charge in [0.15, 0.2) is 5.96 Å². The number of hydrogen-bond donors (Lipinski definition) is 1. The number of piperidine rings is 1. The van der Waals surface area contributed by atoms with Crippen LogP contribution < -0.4 is 10.1 Å². The fourth-order valence-electron chi connectivity index (χ4n) is 2.96. The van der Waals surface area contributed by atoms with Gasteiger partial charge in [-0.05, 0) is 24.3 Å². The third-order valence-corrected chi connectivity index (χ3v) is 4.23. The van der Waals surface area contributed by atoms with Crippen LogP contribution in [0.3, 0.4) is 0 Å². The minimum atomic E-state index is 0.282. The van der Waals surface area contributed by atoms with Crippen LogP contribution in [-0.2, 0) is 6.42 Å². The summed E-state index contributed by atoms with van der Waals surface area (Å²) in [7, 11) is 1.84. The first-order valence-electron chi connectivity index (χ1n) is 8.55. The van der Waals surface area contributed by atoms with Crippen molar-refractivity contribution in [3.8, 4) is 5.75 Å². The smallest absolute Gasteiger partial charge is 0.193 e. The van der Waals surface area contributed by atoms with E-state index in [1.807, 2.05) is 49.5 Å². The molecule has 3 rings (SSSR count). The Hall–Kier alpha value is -2.43. The standard InChI is InChI=1S/C19H25N3O2/c1-20-19(21-12-9-16-8-5-15-23-16)22-13-10-18(11-14-22)24-17-6-3-2-4-7-17/h2-8,15,18H,9-14H2,1H3,(H,20,21). The number of furan rings is 1. The molecule has 0 spiro atoms. The zero-order chi connectivity index (χ0) is 16.6. The summed E-state index contributed by atoms with van der Waals surface area (Å²) in [5, 5.41) is 3.42. The summed E-state index contributed by atoms with van der Waals surface area (Å²) in [6.45, 7) is 2.73. The molecule has 1 saturated heterocycles. The van der Waals surface area contributed by atoms with E-state index >= 15 is 0 Å². The fourth-order valence-corrected chi connectivity index (χ4v) is 2.96. The normalized spacial score (nSPS) is 16.2. The van der Waals surface area contributed by atoms with E-state index in [0.717, 1.165) is 56.4 Å². The number of rotatable bonds is 5. The number of likely N-dealkylation sites (tertiary alicyclic amines) is 1. The van der Waals surface area contributed by atoms with Crippen molar-refractivity contribution < 1.29 is 9.15 Å². The molecule has 0 unspecified atom stereocenters. The molecule has 5 nitrogen and oxygen atoms in total. The van der Waals surface area contributed by atoms with Gasteiger partial charge in [-0.1, -0.05) is 18.2 Å². The number of hydrogen-bond acceptors (Lipinski definition) is 3. The molecule has 1 aliphatic rings. The second-order valence-corrected chi connectivity index (χ2v) is 5.92. The molecule has 1 fully saturated rings. The van der Waals surface area contributed by atoms with E-state index in [1.54, 1.807) is 6.26 Å². The Labute approximate surface area is 143 Å². The van der Waals surface area contributed by atoms with Gasteiger partial charge in [0.25, 0.3) is 0 Å². The van der Waals surface area contributed by atoms with Crippen molar-refractivity contribution >= 4 is 5.96 Å². The Morgan fingerprint density at radius 1 is 1.21 bits per heavy atom. The summed E-state index contributed by atoms with van der Waals surface area (Å²) in [4.78, 5) is 6.70. The predicted molar refractivity (Wildman–Crippen MR) is 95.4 cm³/mol. The molecule has 0 atom stereocenters. The van der Waals surface area contributed by atoms with Gasteiger partial charge in [0, 0.05) is 45.9 Å². The van der Waals surface area contributed by atoms with Crippen molar-refractivity contribution in [2.75, 3.05) is 26.7 Å². The molecule has 5 heteroatoms. The Morgan fingerprint density at radius 3 is 2.67 bits per heavy atom. The van der Waals surface area contributed by atoms with E-state index in [4.69, 9.17) is 9.15 Å². The molecule has 0 amide bonds. The van der Waals surface area contributed by atoms with Crippen LogP contribution in [0, 0.1) is 0 Å². The lowest BCUT2D eigenvalue weighted by molar-refractivity contribution is 0.129. The molecule has 1 aromatic heterocycles. The maximum Gasteiger partial charge on any atom is 0.193 e. The molecule has 128 valence electrons. The number of benzene rings is 1. The molecule has 0 radical (unpaired) electrons. The van der Waals surface area contributed by atoms with Gasteiger partial charge >= 0.3 is 0 Å². The summed E-state index contributed by atoms with van der Waals surface area (Å²) in [6.07, 6.45) is 4.87. The van der Waals surface area contributed by atoms with E-state index in [9.17, 15) is 0 Å². The van der Waals surface area contributed by atoms with E-state index in [-0.39, 0.29) is 6.10 Å². The van der Waals surface area contributed by atoms with Crippen molar-refractivity contribution in [2.24, 2.45) is 4.99 Å². The third kappa shape index (κ3) is 4.54. The van der Waals surface area contributed by atoms with Crippen LogP contribution in [0.4, 0.5) is 0 Å². The van der Waals surface area contributed by atoms with Crippen LogP contribution in [0.15, 0.2) is 58.1 Å². The van der Waals surface area contributed by atoms with E-state index in [0.29, 0.717) is 0 Å². The number of aliphatic imine (C=N–C) groups is 1. The Balaban J connectivity index is 1.42. The second-order valence-electron chi connectivity index (χ2n) is 5.92.